The number of amides is 1. The fourth-order valence-corrected chi connectivity index (χ4v) is 4.94. The van der Waals surface area contributed by atoms with E-state index < -0.39 is 5.60 Å². The topological polar surface area (TPSA) is 98.5 Å². The average molecular weight is 448 g/mol. The zero-order valence-electron chi connectivity index (χ0n) is 19.6. The average Bonchev–Trinajstić information content (AvgIpc) is 3.08. The van der Waals surface area contributed by atoms with E-state index >= 15 is 0 Å². The van der Waals surface area contributed by atoms with Crippen molar-refractivity contribution in [3.05, 3.63) is 35.8 Å². The Balaban J connectivity index is 1.40. The molecule has 2 aromatic heterocycles. The van der Waals surface area contributed by atoms with Gasteiger partial charge in [0.25, 0.3) is 0 Å². The molecule has 0 aromatic carbocycles. The first-order chi connectivity index (χ1) is 15.7. The van der Waals surface area contributed by atoms with Crippen LogP contribution in [-0.2, 0) is 10.2 Å². The minimum atomic E-state index is -0.515. The molecule has 0 unspecified atom stereocenters. The molecule has 5 rings (SSSR count). The first kappa shape index (κ1) is 21.4. The highest BCUT2D eigenvalue weighted by Gasteiger charge is 2.52. The number of carbonyl (C=O) groups excluding carboxylic acids is 1. The number of rotatable bonds is 3. The van der Waals surface area contributed by atoms with E-state index in [1.807, 2.05) is 26.8 Å². The Labute approximate surface area is 194 Å². The molecule has 1 saturated carbocycles. The molecule has 1 saturated heterocycles. The largest absolute Gasteiger partial charge is 0.444 e. The van der Waals surface area contributed by atoms with E-state index in [0.717, 1.165) is 36.8 Å². The van der Waals surface area contributed by atoms with Gasteiger partial charge in [0.2, 0.25) is 0 Å². The Morgan fingerprint density at radius 2 is 1.97 bits per heavy atom. The molecule has 0 atom stereocenters. The number of pyridine rings is 1. The standard InChI is InChI=1S/C24H29N7O2/c1-23(2,3)33-22(32)29(4)17-12-30(13-17)20-19-21(28-15-27-20)31(14-24(19)7-5-8-24)18-10-16(11-25)6-9-26-18/h6,9-10,15,17H,5,7-8,12-14H2,1-4H3. The Morgan fingerprint density at radius 3 is 2.61 bits per heavy atom. The maximum Gasteiger partial charge on any atom is 0.410 e. The maximum absolute atomic E-state index is 12.5. The second kappa shape index (κ2) is 7.58. The summed E-state index contributed by atoms with van der Waals surface area (Å²) in [5, 5.41) is 9.32. The fourth-order valence-electron chi connectivity index (χ4n) is 4.94. The molecule has 1 amide bonds. The van der Waals surface area contributed by atoms with Crippen molar-refractivity contribution in [1.82, 2.24) is 19.9 Å². The van der Waals surface area contributed by atoms with Crippen LogP contribution < -0.4 is 9.80 Å². The van der Waals surface area contributed by atoms with Crippen molar-refractivity contribution in [2.24, 2.45) is 0 Å². The zero-order valence-corrected chi connectivity index (χ0v) is 19.6. The molecule has 2 fully saturated rings. The monoisotopic (exact) mass is 447 g/mol. The molecular formula is C24H29N7O2. The van der Waals surface area contributed by atoms with Crippen molar-refractivity contribution in [2.75, 3.05) is 36.5 Å². The highest BCUT2D eigenvalue weighted by atomic mass is 16.6. The highest BCUT2D eigenvalue weighted by molar-refractivity contribution is 5.75. The lowest BCUT2D eigenvalue weighted by Crippen LogP contribution is -2.61. The van der Waals surface area contributed by atoms with Crippen molar-refractivity contribution in [3.63, 3.8) is 0 Å². The molecule has 1 aliphatic carbocycles. The van der Waals surface area contributed by atoms with Gasteiger partial charge in [-0.3, -0.25) is 0 Å². The summed E-state index contributed by atoms with van der Waals surface area (Å²) in [5.74, 6) is 2.58. The molecule has 2 aromatic rings. The zero-order chi connectivity index (χ0) is 23.4. The SMILES string of the molecule is CN(C(=O)OC(C)(C)C)C1CN(c2ncnc3c2C2(CCC2)CN3c2cc(C#N)ccn2)C1. The molecule has 9 heteroatoms. The smallest absolute Gasteiger partial charge is 0.410 e. The summed E-state index contributed by atoms with van der Waals surface area (Å²) in [6.45, 7) is 7.84. The summed E-state index contributed by atoms with van der Waals surface area (Å²) in [5.41, 5.74) is 1.26. The molecule has 3 aliphatic rings. The number of fused-ring (bicyclic) bond motifs is 2. The van der Waals surface area contributed by atoms with Gasteiger partial charge in [0.15, 0.2) is 0 Å². The number of ether oxygens (including phenoxy) is 1. The second-order valence-corrected chi connectivity index (χ2v) is 10.3. The summed E-state index contributed by atoms with van der Waals surface area (Å²) < 4.78 is 5.52. The number of hydrogen-bond donors (Lipinski definition) is 0. The maximum atomic E-state index is 12.5. The van der Waals surface area contributed by atoms with E-state index in [1.165, 1.54) is 12.0 Å². The lowest BCUT2D eigenvalue weighted by molar-refractivity contribution is 0.0196. The van der Waals surface area contributed by atoms with Crippen LogP contribution in [0.1, 0.15) is 51.2 Å². The van der Waals surface area contributed by atoms with Gasteiger partial charge in [-0.1, -0.05) is 6.42 Å². The summed E-state index contributed by atoms with van der Waals surface area (Å²) in [6, 6.07) is 5.81. The molecule has 0 N–H and O–H groups in total. The van der Waals surface area contributed by atoms with E-state index in [4.69, 9.17) is 9.72 Å². The van der Waals surface area contributed by atoms with E-state index in [1.54, 1.807) is 30.5 Å². The van der Waals surface area contributed by atoms with E-state index in [9.17, 15) is 10.1 Å². The number of carbonyl (C=O) groups is 1. The lowest BCUT2D eigenvalue weighted by atomic mass is 9.66. The molecule has 33 heavy (non-hydrogen) atoms. The van der Waals surface area contributed by atoms with Crippen LogP contribution in [0.5, 0.6) is 0 Å². The quantitative estimate of drug-likeness (QED) is 0.706. The van der Waals surface area contributed by atoms with Crippen molar-refractivity contribution in [1.29, 1.82) is 5.26 Å². The number of nitriles is 1. The number of hydrogen-bond acceptors (Lipinski definition) is 8. The van der Waals surface area contributed by atoms with Gasteiger partial charge in [-0.05, 0) is 45.7 Å². The number of aromatic nitrogens is 3. The third-order valence-corrected chi connectivity index (χ3v) is 6.91. The number of anilines is 3. The molecule has 2 aliphatic heterocycles. The second-order valence-electron chi connectivity index (χ2n) is 10.3. The van der Waals surface area contributed by atoms with Crippen molar-refractivity contribution in [2.45, 2.75) is 57.1 Å². The van der Waals surface area contributed by atoms with Gasteiger partial charge in [0, 0.05) is 43.9 Å². The lowest BCUT2D eigenvalue weighted by Gasteiger charge is -2.47. The third kappa shape index (κ3) is 3.63. The van der Waals surface area contributed by atoms with Crippen LogP contribution >= 0.6 is 0 Å². The summed E-state index contributed by atoms with van der Waals surface area (Å²) in [6.07, 6.45) is 6.34. The third-order valence-electron chi connectivity index (χ3n) is 6.91. The van der Waals surface area contributed by atoms with Crippen molar-refractivity contribution >= 4 is 23.5 Å². The van der Waals surface area contributed by atoms with Gasteiger partial charge >= 0.3 is 6.09 Å². The van der Waals surface area contributed by atoms with Gasteiger partial charge in [-0.2, -0.15) is 5.26 Å². The summed E-state index contributed by atoms with van der Waals surface area (Å²) >= 11 is 0. The predicted octanol–water partition coefficient (Wildman–Crippen LogP) is 3.37. The Hall–Kier alpha value is -3.41. The van der Waals surface area contributed by atoms with Crippen LogP contribution in [-0.4, -0.2) is 64.3 Å². The van der Waals surface area contributed by atoms with E-state index in [-0.39, 0.29) is 17.6 Å². The Bertz CT molecular complexity index is 1130. The van der Waals surface area contributed by atoms with Gasteiger partial charge in [-0.15, -0.1) is 0 Å². The highest BCUT2D eigenvalue weighted by Crippen LogP contribution is 2.56. The molecule has 0 radical (unpaired) electrons. The molecule has 9 nitrogen and oxygen atoms in total. The van der Waals surface area contributed by atoms with Crippen molar-refractivity contribution in [3.8, 4) is 6.07 Å². The molecule has 172 valence electrons. The summed E-state index contributed by atoms with van der Waals surface area (Å²) in [7, 11) is 1.80. The van der Waals surface area contributed by atoms with Crippen LogP contribution in [0, 0.1) is 11.3 Å². The van der Waals surface area contributed by atoms with Crippen LogP contribution in [0.15, 0.2) is 24.7 Å². The Kier molecular flexibility index (Phi) is 4.92. The van der Waals surface area contributed by atoms with Gasteiger partial charge in [0.1, 0.15) is 29.4 Å². The number of nitrogens with zero attached hydrogens (tertiary/aromatic N) is 7. The van der Waals surface area contributed by atoms with Crippen LogP contribution in [0.3, 0.4) is 0 Å². The summed E-state index contributed by atoms with van der Waals surface area (Å²) in [4.78, 5) is 32.4. The van der Waals surface area contributed by atoms with Crippen LogP contribution in [0.4, 0.5) is 22.2 Å². The van der Waals surface area contributed by atoms with Gasteiger partial charge in [-0.25, -0.2) is 19.7 Å². The Morgan fingerprint density at radius 1 is 1.24 bits per heavy atom. The van der Waals surface area contributed by atoms with E-state index in [2.05, 4.69) is 25.8 Å². The first-order valence-electron chi connectivity index (χ1n) is 11.4. The van der Waals surface area contributed by atoms with E-state index in [0.29, 0.717) is 18.7 Å². The minimum Gasteiger partial charge on any atom is -0.444 e. The van der Waals surface area contributed by atoms with Crippen LogP contribution in [0.2, 0.25) is 0 Å². The molecule has 1 spiro atoms. The first-order valence-corrected chi connectivity index (χ1v) is 11.4. The van der Waals surface area contributed by atoms with Crippen LogP contribution in [0.25, 0.3) is 0 Å². The van der Waals surface area contributed by atoms with Gasteiger partial charge in [0.05, 0.1) is 17.7 Å². The normalized spacial score (nSPS) is 18.9. The molecule has 0 bridgehead atoms. The fraction of sp³-hybridized carbons (Fsp3) is 0.542. The van der Waals surface area contributed by atoms with Gasteiger partial charge < -0.3 is 19.4 Å². The number of likely N-dealkylation sites (N-methyl/N-ethyl adjacent to an activating group) is 1. The van der Waals surface area contributed by atoms with Crippen molar-refractivity contribution < 1.29 is 9.53 Å². The minimum absolute atomic E-state index is 0.0123. The predicted molar refractivity (Wildman–Crippen MR) is 124 cm³/mol. The molecule has 4 heterocycles. The molecular weight excluding hydrogens is 418 g/mol.